The SMILES string of the molecule is CC(C)c1cccc(C(=O)NC[C@H]2[C@H]3CN(Cc4cncn4C)C[C@]34CC[C@H]2O4)c1. The van der Waals surface area contributed by atoms with Crippen LogP contribution >= 0.6 is 0 Å². The van der Waals surface area contributed by atoms with E-state index >= 15 is 0 Å². The maximum Gasteiger partial charge on any atom is 0.251 e. The molecule has 4 atom stereocenters. The van der Waals surface area contributed by atoms with E-state index in [2.05, 4.69) is 39.7 Å². The summed E-state index contributed by atoms with van der Waals surface area (Å²) in [6.45, 7) is 7.93. The molecule has 1 aromatic heterocycles. The van der Waals surface area contributed by atoms with Crippen LogP contribution in [0.3, 0.4) is 0 Å². The third-order valence-electron chi connectivity index (χ3n) is 7.47. The molecule has 0 unspecified atom stereocenters. The number of likely N-dealkylation sites (tertiary alicyclic amines) is 1. The van der Waals surface area contributed by atoms with E-state index < -0.39 is 0 Å². The van der Waals surface area contributed by atoms with Crippen LogP contribution in [0.2, 0.25) is 0 Å². The number of carbonyl (C=O) groups is 1. The number of hydrogen-bond acceptors (Lipinski definition) is 4. The standard InChI is InChI=1S/C24H32N4O2/c1-16(2)17-5-4-6-18(9-17)23(29)26-11-20-21-13-28(12-19-10-25-15-27(19)3)14-24(21)8-7-22(20)30-24/h4-6,9-10,15-16,20-22H,7-8,11-14H2,1-3H3,(H,26,29)/t20-,21+,22+,24+/m0/s1. The zero-order chi connectivity index (χ0) is 20.9. The zero-order valence-corrected chi connectivity index (χ0v) is 18.2. The van der Waals surface area contributed by atoms with E-state index in [-0.39, 0.29) is 17.6 Å². The molecule has 2 aromatic rings. The van der Waals surface area contributed by atoms with Crippen LogP contribution in [0.1, 0.15) is 54.2 Å². The topological polar surface area (TPSA) is 59.4 Å². The number of rotatable bonds is 6. The van der Waals surface area contributed by atoms with E-state index in [1.54, 1.807) is 0 Å². The van der Waals surface area contributed by atoms with Crippen molar-refractivity contribution < 1.29 is 9.53 Å². The van der Waals surface area contributed by atoms with Crippen molar-refractivity contribution in [1.29, 1.82) is 0 Å². The molecule has 0 saturated carbocycles. The van der Waals surface area contributed by atoms with Crippen LogP contribution in [0, 0.1) is 11.8 Å². The molecule has 1 N–H and O–H groups in total. The summed E-state index contributed by atoms with van der Waals surface area (Å²) in [4.78, 5) is 19.6. The van der Waals surface area contributed by atoms with Crippen molar-refractivity contribution in [2.24, 2.45) is 18.9 Å². The minimum atomic E-state index is -0.0176. The van der Waals surface area contributed by atoms with Crippen molar-refractivity contribution in [2.45, 2.75) is 50.9 Å². The van der Waals surface area contributed by atoms with Crippen molar-refractivity contribution in [3.05, 3.63) is 53.6 Å². The second-order valence-electron chi connectivity index (χ2n) is 9.69. The van der Waals surface area contributed by atoms with Gasteiger partial charge < -0.3 is 14.6 Å². The third-order valence-corrected chi connectivity index (χ3v) is 7.47. The normalized spacial score (nSPS) is 30.2. The smallest absolute Gasteiger partial charge is 0.251 e. The number of ether oxygens (including phenoxy) is 1. The zero-order valence-electron chi connectivity index (χ0n) is 18.2. The summed E-state index contributed by atoms with van der Waals surface area (Å²) < 4.78 is 8.64. The molecule has 0 radical (unpaired) electrons. The van der Waals surface area contributed by atoms with Gasteiger partial charge in [-0.15, -0.1) is 0 Å². The lowest BCUT2D eigenvalue weighted by molar-refractivity contribution is 0.00197. The molecule has 4 heterocycles. The Bertz CT molecular complexity index is 939. The molecule has 1 amide bonds. The summed E-state index contributed by atoms with van der Waals surface area (Å²) >= 11 is 0. The molecule has 5 rings (SSSR count). The molecule has 160 valence electrons. The lowest BCUT2D eigenvalue weighted by atomic mass is 9.73. The highest BCUT2D eigenvalue weighted by atomic mass is 16.5. The number of aryl methyl sites for hydroxylation is 1. The van der Waals surface area contributed by atoms with Crippen molar-refractivity contribution in [3.63, 3.8) is 0 Å². The Labute approximate surface area is 178 Å². The Morgan fingerprint density at radius 2 is 2.27 bits per heavy atom. The molecule has 0 aliphatic carbocycles. The van der Waals surface area contributed by atoms with Gasteiger partial charge in [-0.3, -0.25) is 9.69 Å². The number of amides is 1. The molecular weight excluding hydrogens is 376 g/mol. The first-order valence-electron chi connectivity index (χ1n) is 11.2. The second kappa shape index (κ2) is 7.50. The van der Waals surface area contributed by atoms with Gasteiger partial charge in [-0.05, 0) is 36.5 Å². The van der Waals surface area contributed by atoms with Gasteiger partial charge in [0.2, 0.25) is 0 Å². The van der Waals surface area contributed by atoms with Gasteiger partial charge in [0.25, 0.3) is 5.91 Å². The second-order valence-corrected chi connectivity index (χ2v) is 9.69. The minimum absolute atomic E-state index is 0.0176. The fourth-order valence-corrected chi connectivity index (χ4v) is 5.80. The van der Waals surface area contributed by atoms with E-state index in [1.165, 1.54) is 11.3 Å². The van der Waals surface area contributed by atoms with Crippen LogP contribution in [0.5, 0.6) is 0 Å². The van der Waals surface area contributed by atoms with E-state index in [0.717, 1.165) is 38.0 Å². The van der Waals surface area contributed by atoms with Gasteiger partial charge in [0.1, 0.15) is 0 Å². The van der Waals surface area contributed by atoms with Gasteiger partial charge in [0.05, 0.1) is 23.7 Å². The van der Waals surface area contributed by atoms with E-state index in [4.69, 9.17) is 4.74 Å². The van der Waals surface area contributed by atoms with Gasteiger partial charge in [-0.25, -0.2) is 4.98 Å². The monoisotopic (exact) mass is 408 g/mol. The van der Waals surface area contributed by atoms with Crippen LogP contribution in [0.15, 0.2) is 36.8 Å². The quantitative estimate of drug-likeness (QED) is 0.798. The van der Waals surface area contributed by atoms with Crippen LogP contribution in [-0.4, -0.2) is 51.7 Å². The van der Waals surface area contributed by atoms with Crippen molar-refractivity contribution in [1.82, 2.24) is 19.8 Å². The molecule has 1 aromatic carbocycles. The largest absolute Gasteiger partial charge is 0.370 e. The number of benzene rings is 1. The summed E-state index contributed by atoms with van der Waals surface area (Å²) in [5.41, 5.74) is 3.17. The molecule has 3 aliphatic heterocycles. The van der Waals surface area contributed by atoms with Gasteiger partial charge in [-0.1, -0.05) is 26.0 Å². The predicted molar refractivity (Wildman–Crippen MR) is 115 cm³/mol. The maximum absolute atomic E-state index is 12.8. The molecule has 6 nitrogen and oxygen atoms in total. The molecule has 3 saturated heterocycles. The summed E-state index contributed by atoms with van der Waals surface area (Å²) in [5.74, 6) is 1.33. The van der Waals surface area contributed by atoms with E-state index in [0.29, 0.717) is 24.3 Å². The number of fused-ring (bicyclic) bond motifs is 1. The molecule has 2 bridgehead atoms. The molecule has 3 aliphatic rings. The van der Waals surface area contributed by atoms with Gasteiger partial charge in [0.15, 0.2) is 0 Å². The first-order valence-corrected chi connectivity index (χ1v) is 11.2. The molecule has 30 heavy (non-hydrogen) atoms. The average Bonchev–Trinajstić information content (AvgIpc) is 3.48. The molecule has 3 fully saturated rings. The Morgan fingerprint density at radius 1 is 1.40 bits per heavy atom. The van der Waals surface area contributed by atoms with Crippen molar-refractivity contribution in [3.8, 4) is 0 Å². The van der Waals surface area contributed by atoms with Crippen molar-refractivity contribution >= 4 is 5.91 Å². The Hall–Kier alpha value is -2.18. The molecule has 1 spiro atoms. The number of imidazole rings is 1. The number of nitrogens with one attached hydrogen (secondary N) is 1. The summed E-state index contributed by atoms with van der Waals surface area (Å²) in [5, 5.41) is 3.22. The lowest BCUT2D eigenvalue weighted by Crippen LogP contribution is -2.41. The van der Waals surface area contributed by atoms with E-state index in [9.17, 15) is 4.79 Å². The van der Waals surface area contributed by atoms with Gasteiger partial charge >= 0.3 is 0 Å². The summed E-state index contributed by atoms with van der Waals surface area (Å²) in [7, 11) is 2.05. The Kier molecular flexibility index (Phi) is 4.94. The number of aromatic nitrogens is 2. The van der Waals surface area contributed by atoms with E-state index in [1.807, 2.05) is 37.8 Å². The number of carbonyl (C=O) groups excluding carboxylic acids is 1. The van der Waals surface area contributed by atoms with Crippen LogP contribution in [0.4, 0.5) is 0 Å². The van der Waals surface area contributed by atoms with Gasteiger partial charge in [0, 0.05) is 56.8 Å². The highest BCUT2D eigenvalue weighted by Crippen LogP contribution is 2.54. The number of hydrogen-bond donors (Lipinski definition) is 1. The van der Waals surface area contributed by atoms with Crippen molar-refractivity contribution in [2.75, 3.05) is 19.6 Å². The fraction of sp³-hybridized carbons (Fsp3) is 0.583. The minimum Gasteiger partial charge on any atom is -0.370 e. The number of nitrogens with zero attached hydrogens (tertiary/aromatic N) is 3. The first-order chi connectivity index (χ1) is 14.4. The third kappa shape index (κ3) is 3.36. The lowest BCUT2D eigenvalue weighted by Gasteiger charge is -2.29. The highest BCUT2D eigenvalue weighted by Gasteiger charge is 2.62. The summed E-state index contributed by atoms with van der Waals surface area (Å²) in [6, 6.07) is 7.99. The van der Waals surface area contributed by atoms with Crippen LogP contribution in [0.25, 0.3) is 0 Å². The summed E-state index contributed by atoms with van der Waals surface area (Å²) in [6.07, 6.45) is 6.35. The Morgan fingerprint density at radius 3 is 3.03 bits per heavy atom. The molecule has 6 heteroatoms. The highest BCUT2D eigenvalue weighted by molar-refractivity contribution is 5.94. The fourth-order valence-electron chi connectivity index (χ4n) is 5.80. The first kappa shape index (κ1) is 19.8. The van der Waals surface area contributed by atoms with Gasteiger partial charge in [-0.2, -0.15) is 0 Å². The maximum atomic E-state index is 12.8. The average molecular weight is 409 g/mol. The van der Waals surface area contributed by atoms with Crippen LogP contribution < -0.4 is 5.32 Å². The van der Waals surface area contributed by atoms with Crippen LogP contribution in [-0.2, 0) is 18.3 Å². The molecular formula is C24H32N4O2. The Balaban J connectivity index is 1.24. The predicted octanol–water partition coefficient (Wildman–Crippen LogP) is 2.95.